The predicted octanol–water partition coefficient (Wildman–Crippen LogP) is 4.21. The zero-order valence-corrected chi connectivity index (χ0v) is 19.7. The maximum absolute atomic E-state index is 13.4. The van der Waals surface area contributed by atoms with Gasteiger partial charge in [-0.3, -0.25) is 4.79 Å². The van der Waals surface area contributed by atoms with Gasteiger partial charge in [0.25, 0.3) is 0 Å². The van der Waals surface area contributed by atoms with E-state index in [4.69, 9.17) is 4.74 Å². The SMILES string of the molecule is CCC[C@H](O)[C@](Cc1ccccc1)(NC(=O)OC(C)(C)C)C(=O)NCCC(C)(C)C. The largest absolute Gasteiger partial charge is 0.444 e. The number of nitrogens with one attached hydrogen (secondary N) is 2. The van der Waals surface area contributed by atoms with Crippen molar-refractivity contribution in [2.75, 3.05) is 6.54 Å². The number of rotatable bonds is 9. The van der Waals surface area contributed by atoms with E-state index in [1.807, 2.05) is 37.3 Å². The molecule has 0 saturated heterocycles. The average molecular weight is 421 g/mol. The minimum atomic E-state index is -1.53. The number of hydrogen-bond acceptors (Lipinski definition) is 4. The highest BCUT2D eigenvalue weighted by Gasteiger charge is 2.47. The van der Waals surface area contributed by atoms with Crippen LogP contribution >= 0.6 is 0 Å². The Bertz CT molecular complexity index is 677. The Morgan fingerprint density at radius 3 is 2.17 bits per heavy atom. The van der Waals surface area contributed by atoms with Gasteiger partial charge in [0.1, 0.15) is 5.60 Å². The third-order valence-corrected chi connectivity index (χ3v) is 4.75. The minimum absolute atomic E-state index is 0.0516. The summed E-state index contributed by atoms with van der Waals surface area (Å²) in [4.78, 5) is 26.1. The van der Waals surface area contributed by atoms with Crippen LogP contribution in [0.4, 0.5) is 4.79 Å². The average Bonchev–Trinajstić information content (AvgIpc) is 2.59. The molecule has 0 radical (unpaired) electrons. The second-order valence-corrected chi connectivity index (χ2v) is 10.1. The van der Waals surface area contributed by atoms with E-state index in [0.717, 1.165) is 12.0 Å². The molecule has 0 heterocycles. The van der Waals surface area contributed by atoms with Crippen LogP contribution in [-0.4, -0.2) is 40.9 Å². The number of ether oxygens (including phenoxy) is 1. The molecule has 0 spiro atoms. The first kappa shape index (κ1) is 26.0. The number of benzene rings is 1. The van der Waals surface area contributed by atoms with Crippen LogP contribution in [0.25, 0.3) is 0 Å². The van der Waals surface area contributed by atoms with E-state index in [2.05, 4.69) is 31.4 Å². The second-order valence-electron chi connectivity index (χ2n) is 10.1. The highest BCUT2D eigenvalue weighted by molar-refractivity contribution is 5.91. The van der Waals surface area contributed by atoms with Crippen LogP contribution in [0.5, 0.6) is 0 Å². The van der Waals surface area contributed by atoms with Crippen molar-refractivity contribution in [2.45, 2.75) is 91.4 Å². The van der Waals surface area contributed by atoms with E-state index in [1.165, 1.54) is 0 Å². The zero-order valence-electron chi connectivity index (χ0n) is 19.7. The molecule has 6 heteroatoms. The molecule has 0 unspecified atom stereocenters. The Kier molecular flexibility index (Phi) is 9.35. The third kappa shape index (κ3) is 8.74. The van der Waals surface area contributed by atoms with E-state index < -0.39 is 29.2 Å². The standard InChI is InChI=1S/C24H40N2O4/c1-8-12-19(27)24(17-18-13-10-9-11-14-18,26-21(29)30-23(5,6)7)20(28)25-16-15-22(2,3)4/h9-11,13-14,19,27H,8,12,15-17H2,1-7H3,(H,25,28)(H,26,29)/t19-,24-/m0/s1. The monoisotopic (exact) mass is 420 g/mol. The van der Waals surface area contributed by atoms with E-state index in [-0.39, 0.29) is 11.8 Å². The van der Waals surface area contributed by atoms with Crippen LogP contribution in [0.2, 0.25) is 0 Å². The van der Waals surface area contributed by atoms with E-state index in [1.54, 1.807) is 20.8 Å². The van der Waals surface area contributed by atoms with E-state index in [0.29, 0.717) is 19.4 Å². The Morgan fingerprint density at radius 2 is 1.67 bits per heavy atom. The van der Waals surface area contributed by atoms with Gasteiger partial charge in [0.2, 0.25) is 5.91 Å². The lowest BCUT2D eigenvalue weighted by molar-refractivity contribution is -0.133. The highest BCUT2D eigenvalue weighted by atomic mass is 16.6. The summed E-state index contributed by atoms with van der Waals surface area (Å²) in [6, 6.07) is 9.39. The number of aliphatic hydroxyl groups is 1. The molecule has 0 aliphatic heterocycles. The fourth-order valence-electron chi connectivity index (χ4n) is 3.17. The Hall–Kier alpha value is -2.08. The first-order chi connectivity index (χ1) is 13.8. The molecule has 0 fully saturated rings. The quantitative estimate of drug-likeness (QED) is 0.558. The smallest absolute Gasteiger partial charge is 0.408 e. The van der Waals surface area contributed by atoms with E-state index in [9.17, 15) is 14.7 Å². The summed E-state index contributed by atoms with van der Waals surface area (Å²) in [6.45, 7) is 14.0. The molecule has 3 N–H and O–H groups in total. The fraction of sp³-hybridized carbons (Fsp3) is 0.667. The predicted molar refractivity (Wildman–Crippen MR) is 120 cm³/mol. The van der Waals surface area contributed by atoms with Crippen molar-refractivity contribution in [3.63, 3.8) is 0 Å². The van der Waals surface area contributed by atoms with Gasteiger partial charge in [-0.25, -0.2) is 4.79 Å². The van der Waals surface area contributed by atoms with Gasteiger partial charge in [-0.15, -0.1) is 0 Å². The molecule has 2 atom stereocenters. The van der Waals surface area contributed by atoms with Crippen molar-refractivity contribution in [3.8, 4) is 0 Å². The first-order valence-corrected chi connectivity index (χ1v) is 10.8. The summed E-state index contributed by atoms with van der Waals surface area (Å²) in [6.07, 6.45) is 0.189. The van der Waals surface area contributed by atoms with Crippen LogP contribution in [-0.2, 0) is 16.0 Å². The number of aliphatic hydroxyl groups excluding tert-OH is 1. The Balaban J connectivity index is 3.26. The number of alkyl carbamates (subject to hydrolysis) is 1. The molecule has 0 aromatic heterocycles. The van der Waals surface area contributed by atoms with Gasteiger partial charge in [0.05, 0.1) is 6.10 Å². The molecule has 0 aliphatic rings. The topological polar surface area (TPSA) is 87.7 Å². The molecule has 6 nitrogen and oxygen atoms in total. The lowest BCUT2D eigenvalue weighted by Gasteiger charge is -2.38. The zero-order chi connectivity index (χ0) is 23.0. The molecule has 0 bridgehead atoms. The molecule has 1 aromatic rings. The van der Waals surface area contributed by atoms with Crippen LogP contribution in [0.15, 0.2) is 30.3 Å². The van der Waals surface area contributed by atoms with Crippen LogP contribution < -0.4 is 10.6 Å². The molecule has 1 rings (SSSR count). The Morgan fingerprint density at radius 1 is 1.07 bits per heavy atom. The maximum Gasteiger partial charge on any atom is 0.408 e. The minimum Gasteiger partial charge on any atom is -0.444 e. The molecule has 170 valence electrons. The lowest BCUT2D eigenvalue weighted by atomic mass is 9.82. The summed E-state index contributed by atoms with van der Waals surface area (Å²) in [5.74, 6) is -0.401. The van der Waals surface area contributed by atoms with Crippen LogP contribution in [0.3, 0.4) is 0 Å². The molecule has 0 saturated carbocycles. The number of hydrogen-bond donors (Lipinski definition) is 3. The Labute approximate surface area is 181 Å². The second kappa shape index (κ2) is 10.8. The third-order valence-electron chi connectivity index (χ3n) is 4.75. The van der Waals surface area contributed by atoms with E-state index >= 15 is 0 Å². The van der Waals surface area contributed by atoms with Gasteiger partial charge < -0.3 is 20.5 Å². The van der Waals surface area contributed by atoms with Gasteiger partial charge in [0.15, 0.2) is 5.54 Å². The van der Waals surface area contributed by atoms with Gasteiger partial charge in [-0.2, -0.15) is 0 Å². The molecular formula is C24H40N2O4. The van der Waals surface area contributed by atoms with Crippen molar-refractivity contribution >= 4 is 12.0 Å². The van der Waals surface area contributed by atoms with Gasteiger partial charge in [-0.1, -0.05) is 64.4 Å². The number of carbonyl (C=O) groups is 2. The number of carbonyl (C=O) groups excluding carboxylic acids is 2. The molecular weight excluding hydrogens is 380 g/mol. The lowest BCUT2D eigenvalue weighted by Crippen LogP contribution is -2.67. The molecule has 0 aliphatic carbocycles. The van der Waals surface area contributed by atoms with Crippen LogP contribution in [0.1, 0.15) is 73.3 Å². The summed E-state index contributed by atoms with van der Waals surface area (Å²) >= 11 is 0. The maximum atomic E-state index is 13.4. The summed E-state index contributed by atoms with van der Waals surface area (Å²) < 4.78 is 5.43. The van der Waals surface area contributed by atoms with Crippen molar-refractivity contribution in [1.82, 2.24) is 10.6 Å². The summed E-state index contributed by atoms with van der Waals surface area (Å²) in [5, 5.41) is 16.7. The van der Waals surface area contributed by atoms with Crippen molar-refractivity contribution in [3.05, 3.63) is 35.9 Å². The highest BCUT2D eigenvalue weighted by Crippen LogP contribution is 2.24. The molecule has 30 heavy (non-hydrogen) atoms. The normalized spacial score (nSPS) is 15.1. The van der Waals surface area contributed by atoms with Gasteiger partial charge >= 0.3 is 6.09 Å². The van der Waals surface area contributed by atoms with Crippen molar-refractivity contribution < 1.29 is 19.4 Å². The fourth-order valence-corrected chi connectivity index (χ4v) is 3.17. The van der Waals surface area contributed by atoms with Crippen LogP contribution in [0, 0.1) is 5.41 Å². The first-order valence-electron chi connectivity index (χ1n) is 10.8. The molecule has 2 amide bonds. The van der Waals surface area contributed by atoms with Gasteiger partial charge in [-0.05, 0) is 44.6 Å². The van der Waals surface area contributed by atoms with Gasteiger partial charge in [0, 0.05) is 13.0 Å². The van der Waals surface area contributed by atoms with Crippen molar-refractivity contribution in [1.29, 1.82) is 0 Å². The number of amides is 2. The summed E-state index contributed by atoms with van der Waals surface area (Å²) in [5.41, 5.74) is -1.36. The molecule has 1 aromatic carbocycles. The van der Waals surface area contributed by atoms with Crippen molar-refractivity contribution in [2.24, 2.45) is 5.41 Å². The summed E-state index contributed by atoms with van der Waals surface area (Å²) in [7, 11) is 0.